The van der Waals surface area contributed by atoms with Gasteiger partial charge in [-0.25, -0.2) is 4.39 Å². The van der Waals surface area contributed by atoms with Gasteiger partial charge in [0.1, 0.15) is 28.6 Å². The molecule has 0 saturated carbocycles. The Morgan fingerprint density at radius 1 is 0.930 bits per heavy atom. The average molecular weight is 612 g/mol. The Bertz CT molecular complexity index is 1800. The molecule has 0 aliphatic rings. The molecule has 0 unspecified atom stereocenters. The first-order valence-electron chi connectivity index (χ1n) is 13.1. The second-order valence-corrected chi connectivity index (χ2v) is 8.48. The van der Waals surface area contributed by atoms with Crippen LogP contribution in [0.3, 0.4) is 0 Å². The number of rotatable bonds is 8. The van der Waals surface area contributed by atoms with Crippen LogP contribution < -0.4 is 25.3 Å². The van der Waals surface area contributed by atoms with Crippen molar-refractivity contribution in [2.45, 2.75) is 12.5 Å². The number of primary amides is 1. The van der Waals surface area contributed by atoms with Gasteiger partial charge in [-0.15, -0.1) is 13.2 Å². The number of amides is 2. The lowest BCUT2D eigenvalue weighted by molar-refractivity contribution is -0.274. The fourth-order valence-corrected chi connectivity index (χ4v) is 3.82. The van der Waals surface area contributed by atoms with Crippen molar-refractivity contribution >= 4 is 17.5 Å². The van der Waals surface area contributed by atoms with Crippen LogP contribution >= 0.6 is 0 Å². The molecule has 3 N–H and O–H groups in total. The Kier molecular flexibility index (Phi) is 7.33. The van der Waals surface area contributed by atoms with E-state index in [9.17, 15) is 35.9 Å². The number of pyridine rings is 1. The van der Waals surface area contributed by atoms with Crippen LogP contribution in [0.5, 0.6) is 23.0 Å². The molecule has 0 aliphatic heterocycles. The van der Waals surface area contributed by atoms with Crippen molar-refractivity contribution in [3.63, 3.8) is 0 Å². The Balaban J connectivity index is 1.89. The largest absolute Gasteiger partial charge is 0.573 e. The number of nitrogens with two attached hydrogens (primary N) is 1. The number of aromatic nitrogens is 1. The van der Waals surface area contributed by atoms with Crippen LogP contribution in [-0.4, -0.2) is 30.2 Å². The number of ether oxygens (including phenoxy) is 3. The van der Waals surface area contributed by atoms with Crippen molar-refractivity contribution in [2.24, 2.45) is 5.73 Å². The van der Waals surface area contributed by atoms with Gasteiger partial charge in [0.2, 0.25) is 0 Å². The molecule has 1 aromatic heterocycles. The van der Waals surface area contributed by atoms with Crippen molar-refractivity contribution in [3.8, 4) is 34.1 Å². The summed E-state index contributed by atoms with van der Waals surface area (Å²) in [5.74, 6) is -7.03. The maximum absolute atomic E-state index is 15.7. The number of benzene rings is 3. The van der Waals surface area contributed by atoms with Crippen molar-refractivity contribution in [1.82, 2.24) is 4.98 Å². The van der Waals surface area contributed by atoms with Gasteiger partial charge in [0, 0.05) is 18.0 Å². The molecule has 1 heterocycles. The number of hydrogen-bond acceptors (Lipinski definition) is 6. The molecule has 3 aromatic carbocycles. The van der Waals surface area contributed by atoms with Gasteiger partial charge in [0.25, 0.3) is 11.8 Å². The van der Waals surface area contributed by atoms with Crippen molar-refractivity contribution in [1.29, 1.82) is 0 Å². The standard InChI is InChI=1S/C28H18F7N3O5/c1-41-22-13-16(43-28(33,34)35)6-7-21(22)42-23-11-14(17-4-2-3-5-18(17)27(30,31)32)10-19(29)24(23)26(40)38-15-8-9-37-20(12-15)25(36)39/h2-13H,1H3,(H2,36,39)(H,37,38,40)/i1D3. The number of hydrogen-bond donors (Lipinski definition) is 2. The summed E-state index contributed by atoms with van der Waals surface area (Å²) in [5.41, 5.74) is 1.64. The molecule has 4 aromatic rings. The first kappa shape index (κ1) is 26.6. The highest BCUT2D eigenvalue weighted by Gasteiger charge is 2.34. The highest BCUT2D eigenvalue weighted by Crippen LogP contribution is 2.42. The third kappa shape index (κ3) is 7.30. The smallest absolute Gasteiger partial charge is 0.493 e. The summed E-state index contributed by atoms with van der Waals surface area (Å²) in [6, 6.07) is 9.59. The fraction of sp³-hybridized carbons (Fsp3) is 0.107. The van der Waals surface area contributed by atoms with Crippen molar-refractivity contribution < 1.29 is 58.6 Å². The summed E-state index contributed by atoms with van der Waals surface area (Å²) in [7, 11) is -3.27. The van der Waals surface area contributed by atoms with Crippen LogP contribution in [0, 0.1) is 5.82 Å². The Morgan fingerprint density at radius 3 is 2.35 bits per heavy atom. The normalized spacial score (nSPS) is 12.9. The summed E-state index contributed by atoms with van der Waals surface area (Å²) in [6.07, 6.45) is -9.02. The molecule has 4 rings (SSSR count). The number of alkyl halides is 6. The predicted molar refractivity (Wildman–Crippen MR) is 137 cm³/mol. The first-order valence-corrected chi connectivity index (χ1v) is 11.6. The highest BCUT2D eigenvalue weighted by molar-refractivity contribution is 6.07. The average Bonchev–Trinajstić information content (AvgIpc) is 2.92. The number of nitrogens with zero attached hydrogens (tertiary/aromatic N) is 1. The molecule has 0 fully saturated rings. The summed E-state index contributed by atoms with van der Waals surface area (Å²) in [6.45, 7) is 0. The maximum Gasteiger partial charge on any atom is 0.573 e. The van der Waals surface area contributed by atoms with Crippen LogP contribution in [0.4, 0.5) is 36.4 Å². The summed E-state index contributed by atoms with van der Waals surface area (Å²) >= 11 is 0. The number of nitrogens with one attached hydrogen (secondary N) is 1. The topological polar surface area (TPSA) is 113 Å². The quantitative estimate of drug-likeness (QED) is 0.208. The summed E-state index contributed by atoms with van der Waals surface area (Å²) in [5, 5.41) is 2.25. The lowest BCUT2D eigenvalue weighted by Gasteiger charge is -2.18. The van der Waals surface area contributed by atoms with Gasteiger partial charge < -0.3 is 25.3 Å². The molecule has 0 radical (unpaired) electrons. The number of methoxy groups -OCH3 is 1. The fourth-order valence-electron chi connectivity index (χ4n) is 3.82. The van der Waals surface area contributed by atoms with Crippen LogP contribution in [-0.2, 0) is 6.18 Å². The molecule has 0 saturated heterocycles. The molecule has 0 spiro atoms. The predicted octanol–water partition coefficient (Wildman–Crippen LogP) is 6.96. The SMILES string of the molecule is [2H]C([2H])([2H])Oc1cc(OC(F)(F)F)ccc1Oc1cc(-c2ccccc2C(F)(F)F)cc(F)c1C(=O)Nc1ccnc(C(N)=O)c1. The maximum atomic E-state index is 15.7. The number of halogens is 7. The summed E-state index contributed by atoms with van der Waals surface area (Å²) < 4.78 is 132. The second-order valence-electron chi connectivity index (χ2n) is 8.48. The number of carbonyl (C=O) groups excluding carboxylic acids is 2. The second kappa shape index (κ2) is 11.9. The molecular formula is C28H18F7N3O5. The molecule has 8 nitrogen and oxygen atoms in total. The molecule has 43 heavy (non-hydrogen) atoms. The Labute approximate surface area is 242 Å². The minimum Gasteiger partial charge on any atom is -0.493 e. The van der Waals surface area contributed by atoms with E-state index in [-0.39, 0.29) is 11.4 Å². The third-order valence-corrected chi connectivity index (χ3v) is 5.57. The van der Waals surface area contributed by atoms with Crippen molar-refractivity contribution in [2.75, 3.05) is 12.4 Å². The van der Waals surface area contributed by atoms with Crippen LogP contribution in [0.15, 0.2) is 72.9 Å². The molecule has 0 bridgehead atoms. The molecular weight excluding hydrogens is 591 g/mol. The zero-order valence-electron chi connectivity index (χ0n) is 24.1. The minimum absolute atomic E-state index is 0.120. The molecule has 224 valence electrons. The van der Waals surface area contributed by atoms with E-state index in [1.54, 1.807) is 0 Å². The van der Waals surface area contributed by atoms with Gasteiger partial charge in [0.15, 0.2) is 11.5 Å². The van der Waals surface area contributed by atoms with Crippen LogP contribution in [0.2, 0.25) is 0 Å². The zero-order valence-corrected chi connectivity index (χ0v) is 21.1. The van der Waals surface area contributed by atoms with Gasteiger partial charge in [-0.3, -0.25) is 14.6 Å². The molecule has 0 aliphatic carbocycles. The molecule has 15 heteroatoms. The van der Waals surface area contributed by atoms with E-state index in [1.165, 1.54) is 12.1 Å². The number of anilines is 1. The van der Waals surface area contributed by atoms with Crippen molar-refractivity contribution in [3.05, 3.63) is 95.6 Å². The van der Waals surface area contributed by atoms with Gasteiger partial charge in [-0.05, 0) is 53.6 Å². The monoisotopic (exact) mass is 612 g/mol. The van der Waals surface area contributed by atoms with Gasteiger partial charge in [0.05, 0.1) is 16.7 Å². The van der Waals surface area contributed by atoms with Crippen LogP contribution in [0.25, 0.3) is 11.1 Å². The van der Waals surface area contributed by atoms with E-state index >= 15 is 4.39 Å². The van der Waals surface area contributed by atoms with E-state index in [2.05, 4.69) is 15.0 Å². The Morgan fingerprint density at radius 2 is 1.67 bits per heavy atom. The third-order valence-electron chi connectivity index (χ3n) is 5.57. The first-order chi connectivity index (χ1) is 21.3. The van der Waals surface area contributed by atoms with E-state index < -0.39 is 82.5 Å². The van der Waals surface area contributed by atoms with E-state index in [1.807, 2.05) is 0 Å². The lowest BCUT2D eigenvalue weighted by atomic mass is 9.97. The van der Waals surface area contributed by atoms with Crippen LogP contribution in [0.1, 0.15) is 30.5 Å². The lowest BCUT2D eigenvalue weighted by Crippen LogP contribution is -2.18. The molecule has 2 amide bonds. The van der Waals surface area contributed by atoms with Gasteiger partial charge >= 0.3 is 12.5 Å². The van der Waals surface area contributed by atoms with Gasteiger partial charge in [-0.2, -0.15) is 13.2 Å². The molecule has 0 atom stereocenters. The van der Waals surface area contributed by atoms with E-state index in [4.69, 9.17) is 19.3 Å². The van der Waals surface area contributed by atoms with E-state index in [0.717, 1.165) is 42.6 Å². The zero-order chi connectivity index (χ0) is 34.0. The van der Waals surface area contributed by atoms with E-state index in [0.29, 0.717) is 18.2 Å². The van der Waals surface area contributed by atoms with Gasteiger partial charge in [-0.1, -0.05) is 18.2 Å². The Hall–Kier alpha value is -5.34. The number of carbonyl (C=O) groups is 2. The minimum atomic E-state index is -5.20. The summed E-state index contributed by atoms with van der Waals surface area (Å²) in [4.78, 5) is 28.5. The highest BCUT2D eigenvalue weighted by atomic mass is 19.4.